The maximum Gasteiger partial charge on any atom is 0.326 e. The lowest BCUT2D eigenvalue weighted by Gasteiger charge is -2.12. The molecular weight excluding hydrogens is 358 g/mol. The summed E-state index contributed by atoms with van der Waals surface area (Å²) < 4.78 is 4.81. The lowest BCUT2D eigenvalue weighted by atomic mass is 10.2. The number of nitrogens with one attached hydrogen (secondary N) is 1. The van der Waals surface area contributed by atoms with Crippen molar-refractivity contribution in [2.24, 2.45) is 0 Å². The van der Waals surface area contributed by atoms with Crippen molar-refractivity contribution < 1.29 is 23.9 Å². The number of hydrogen-bond acceptors (Lipinski definition) is 7. The molecule has 0 aliphatic carbocycles. The number of carbonyl (C=O) groups is 4. The molecule has 1 fully saturated rings. The summed E-state index contributed by atoms with van der Waals surface area (Å²) in [5.74, 6) is -2.18. The van der Waals surface area contributed by atoms with Crippen LogP contribution in [0.4, 0.5) is 5.13 Å². The number of nitrogens with zero attached hydrogens (tertiary/aromatic N) is 2. The molecule has 1 aliphatic heterocycles. The fourth-order valence-electron chi connectivity index (χ4n) is 2.35. The number of aromatic nitrogens is 1. The number of anilines is 1. The van der Waals surface area contributed by atoms with E-state index in [0.717, 1.165) is 16.2 Å². The Morgan fingerprint density at radius 2 is 1.85 bits per heavy atom. The Balaban J connectivity index is 1.47. The predicted molar refractivity (Wildman–Crippen MR) is 93.1 cm³/mol. The molecule has 0 saturated carbocycles. The van der Waals surface area contributed by atoms with E-state index in [2.05, 4.69) is 10.3 Å². The molecule has 1 aromatic heterocycles. The van der Waals surface area contributed by atoms with Crippen molar-refractivity contribution in [2.75, 3.05) is 18.5 Å². The Morgan fingerprint density at radius 3 is 2.54 bits per heavy atom. The maximum absolute atomic E-state index is 11.9. The number of benzene rings is 1. The zero-order valence-corrected chi connectivity index (χ0v) is 14.5. The van der Waals surface area contributed by atoms with Crippen LogP contribution in [0.5, 0.6) is 0 Å². The molecule has 134 valence electrons. The van der Waals surface area contributed by atoms with Crippen LogP contribution >= 0.6 is 11.3 Å². The highest BCUT2D eigenvalue weighted by atomic mass is 32.1. The number of carbonyl (C=O) groups excluding carboxylic acids is 4. The average molecular weight is 373 g/mol. The van der Waals surface area contributed by atoms with Crippen LogP contribution in [-0.2, 0) is 23.9 Å². The summed E-state index contributed by atoms with van der Waals surface area (Å²) in [7, 11) is 0. The summed E-state index contributed by atoms with van der Waals surface area (Å²) in [5.41, 5.74) is 1.66. The Labute approximate surface area is 152 Å². The third-order valence-electron chi connectivity index (χ3n) is 3.63. The van der Waals surface area contributed by atoms with Crippen LogP contribution in [0.3, 0.4) is 0 Å². The molecular formula is C17H15N3O5S. The molecule has 0 spiro atoms. The van der Waals surface area contributed by atoms with Crippen molar-refractivity contribution in [1.29, 1.82) is 0 Å². The number of esters is 1. The van der Waals surface area contributed by atoms with Gasteiger partial charge in [-0.2, -0.15) is 0 Å². The Hall–Kier alpha value is -3.07. The number of thiazole rings is 1. The molecule has 9 heteroatoms. The van der Waals surface area contributed by atoms with Crippen molar-refractivity contribution in [3.8, 4) is 11.3 Å². The zero-order chi connectivity index (χ0) is 18.5. The first-order valence-corrected chi connectivity index (χ1v) is 8.70. The van der Waals surface area contributed by atoms with Crippen molar-refractivity contribution in [1.82, 2.24) is 9.88 Å². The second-order valence-corrected chi connectivity index (χ2v) is 6.34. The molecule has 0 atom stereocenters. The quantitative estimate of drug-likeness (QED) is 0.607. The molecule has 2 heterocycles. The standard InChI is InChI=1S/C17H15N3O5S/c21-13(9-25-16(24)8-20-14(22)6-7-15(20)23)19-17-18-12(10-26-17)11-4-2-1-3-5-11/h1-5,10H,6-9H2,(H,18,19,21). The van der Waals surface area contributed by atoms with Gasteiger partial charge in [0.15, 0.2) is 11.7 Å². The van der Waals surface area contributed by atoms with E-state index in [1.807, 2.05) is 35.7 Å². The summed E-state index contributed by atoms with van der Waals surface area (Å²) >= 11 is 1.25. The zero-order valence-electron chi connectivity index (χ0n) is 13.6. The summed E-state index contributed by atoms with van der Waals surface area (Å²) in [6.07, 6.45) is 0.195. The fourth-order valence-corrected chi connectivity index (χ4v) is 3.08. The van der Waals surface area contributed by atoms with Crippen molar-refractivity contribution in [3.05, 3.63) is 35.7 Å². The van der Waals surface area contributed by atoms with Gasteiger partial charge >= 0.3 is 5.97 Å². The molecule has 26 heavy (non-hydrogen) atoms. The normalized spacial score (nSPS) is 13.8. The smallest absolute Gasteiger partial charge is 0.326 e. The van der Waals surface area contributed by atoms with Gasteiger partial charge in [0.05, 0.1) is 5.69 Å². The fraction of sp³-hybridized carbons (Fsp3) is 0.235. The van der Waals surface area contributed by atoms with Crippen molar-refractivity contribution >= 4 is 40.2 Å². The van der Waals surface area contributed by atoms with Crippen molar-refractivity contribution in [2.45, 2.75) is 12.8 Å². The molecule has 8 nitrogen and oxygen atoms in total. The van der Waals surface area contributed by atoms with Crippen LogP contribution in [0.2, 0.25) is 0 Å². The molecule has 0 bridgehead atoms. The van der Waals surface area contributed by atoms with Crippen LogP contribution in [0, 0.1) is 0 Å². The minimum atomic E-state index is -0.812. The van der Waals surface area contributed by atoms with Gasteiger partial charge in [-0.15, -0.1) is 11.3 Å². The third-order valence-corrected chi connectivity index (χ3v) is 4.38. The molecule has 2 aromatic rings. The van der Waals surface area contributed by atoms with Gasteiger partial charge in [0.2, 0.25) is 11.8 Å². The second kappa shape index (κ2) is 7.87. The highest BCUT2D eigenvalue weighted by molar-refractivity contribution is 7.14. The highest BCUT2D eigenvalue weighted by Crippen LogP contribution is 2.24. The number of likely N-dealkylation sites (tertiary alicyclic amines) is 1. The van der Waals surface area contributed by atoms with E-state index in [1.165, 1.54) is 11.3 Å². The van der Waals surface area contributed by atoms with E-state index >= 15 is 0 Å². The Kier molecular flexibility index (Phi) is 5.37. The number of rotatable bonds is 6. The van der Waals surface area contributed by atoms with Crippen LogP contribution in [-0.4, -0.2) is 46.7 Å². The number of hydrogen-bond donors (Lipinski definition) is 1. The van der Waals surface area contributed by atoms with Gasteiger partial charge in [0.25, 0.3) is 5.91 Å². The van der Waals surface area contributed by atoms with Gasteiger partial charge in [-0.1, -0.05) is 30.3 Å². The molecule has 3 amide bonds. The van der Waals surface area contributed by atoms with Gasteiger partial charge in [0.1, 0.15) is 6.54 Å². The van der Waals surface area contributed by atoms with E-state index in [9.17, 15) is 19.2 Å². The van der Waals surface area contributed by atoms with Crippen molar-refractivity contribution in [3.63, 3.8) is 0 Å². The van der Waals surface area contributed by atoms with Crippen LogP contribution in [0.1, 0.15) is 12.8 Å². The molecule has 0 unspecified atom stereocenters. The van der Waals surface area contributed by atoms with E-state index in [0.29, 0.717) is 5.13 Å². The van der Waals surface area contributed by atoms with E-state index in [-0.39, 0.29) is 12.8 Å². The van der Waals surface area contributed by atoms with E-state index in [1.54, 1.807) is 0 Å². The molecule has 1 aliphatic rings. The average Bonchev–Trinajstić information content (AvgIpc) is 3.23. The van der Waals surface area contributed by atoms with Crippen LogP contribution in [0.15, 0.2) is 35.7 Å². The first-order valence-electron chi connectivity index (χ1n) is 7.82. The van der Waals surface area contributed by atoms with E-state index < -0.39 is 36.8 Å². The SMILES string of the molecule is O=C(COC(=O)CN1C(=O)CCC1=O)Nc1nc(-c2ccccc2)cs1. The summed E-state index contributed by atoms with van der Waals surface area (Å²) in [4.78, 5) is 51.5. The molecule has 3 rings (SSSR count). The number of amides is 3. The molecule has 1 aromatic carbocycles. The topological polar surface area (TPSA) is 106 Å². The third kappa shape index (κ3) is 4.31. The number of imide groups is 1. The molecule has 1 N–H and O–H groups in total. The lowest BCUT2D eigenvalue weighted by Crippen LogP contribution is -2.36. The molecule has 1 saturated heterocycles. The minimum Gasteiger partial charge on any atom is -0.454 e. The first-order chi connectivity index (χ1) is 12.5. The highest BCUT2D eigenvalue weighted by Gasteiger charge is 2.31. The van der Waals surface area contributed by atoms with Crippen LogP contribution in [0.25, 0.3) is 11.3 Å². The maximum atomic E-state index is 11.9. The van der Waals surface area contributed by atoms with Gasteiger partial charge in [0, 0.05) is 23.8 Å². The lowest BCUT2D eigenvalue weighted by molar-refractivity contribution is -0.153. The van der Waals surface area contributed by atoms with Gasteiger partial charge in [-0.25, -0.2) is 4.98 Å². The van der Waals surface area contributed by atoms with Gasteiger partial charge in [-0.05, 0) is 0 Å². The van der Waals surface area contributed by atoms with E-state index in [4.69, 9.17) is 4.74 Å². The molecule has 0 radical (unpaired) electrons. The second-order valence-electron chi connectivity index (χ2n) is 5.49. The number of ether oxygens (including phenoxy) is 1. The predicted octanol–water partition coefficient (Wildman–Crippen LogP) is 1.44. The largest absolute Gasteiger partial charge is 0.454 e. The Morgan fingerprint density at radius 1 is 1.15 bits per heavy atom. The first kappa shape index (κ1) is 17.7. The van der Waals surface area contributed by atoms with Gasteiger partial charge < -0.3 is 4.74 Å². The minimum absolute atomic E-state index is 0.0976. The summed E-state index contributed by atoms with van der Waals surface area (Å²) in [6.45, 7) is -0.990. The van der Waals surface area contributed by atoms with Crippen LogP contribution < -0.4 is 5.32 Å². The summed E-state index contributed by atoms with van der Waals surface area (Å²) in [5, 5.41) is 4.73. The monoisotopic (exact) mass is 373 g/mol. The Bertz CT molecular complexity index is 833. The van der Waals surface area contributed by atoms with Gasteiger partial charge in [-0.3, -0.25) is 29.4 Å². The summed E-state index contributed by atoms with van der Waals surface area (Å²) in [6, 6.07) is 9.49.